The van der Waals surface area contributed by atoms with Crippen molar-refractivity contribution in [2.45, 2.75) is 52.4 Å². The molecule has 0 saturated heterocycles. The first-order valence-corrected chi connectivity index (χ1v) is 7.48. The minimum absolute atomic E-state index is 0.178. The van der Waals surface area contributed by atoms with Crippen LogP contribution >= 0.6 is 0 Å². The Labute approximate surface area is 108 Å². The Kier molecular flexibility index (Phi) is 12.5. The molecule has 0 aromatic rings. The summed E-state index contributed by atoms with van der Waals surface area (Å²) >= 11 is -2.16. The molecule has 0 aromatic carbocycles. The Morgan fingerprint density at radius 2 is 1.65 bits per heavy atom. The van der Waals surface area contributed by atoms with Crippen molar-refractivity contribution in [3.63, 3.8) is 0 Å². The van der Waals surface area contributed by atoms with Crippen LogP contribution < -0.4 is 0 Å². The van der Waals surface area contributed by atoms with Gasteiger partial charge < -0.3 is 4.74 Å². The van der Waals surface area contributed by atoms with Crippen molar-refractivity contribution in [3.05, 3.63) is 0 Å². The van der Waals surface area contributed by atoms with E-state index in [0.29, 0.717) is 13.2 Å². The van der Waals surface area contributed by atoms with Gasteiger partial charge in [0.25, 0.3) is 0 Å². The molecule has 0 heterocycles. The smallest absolute Gasteiger partial charge is 0.301 e. The van der Waals surface area contributed by atoms with E-state index in [1.807, 2.05) is 0 Å². The lowest BCUT2D eigenvalue weighted by atomic mass is 10.0. The third-order valence-corrected chi connectivity index (χ3v) is 2.85. The van der Waals surface area contributed by atoms with Gasteiger partial charge >= 0.3 is 11.4 Å². The predicted molar refractivity (Wildman–Crippen MR) is 70.1 cm³/mol. The molecule has 0 rings (SSSR count). The van der Waals surface area contributed by atoms with Crippen molar-refractivity contribution in [2.24, 2.45) is 5.92 Å². The van der Waals surface area contributed by atoms with E-state index in [4.69, 9.17) is 9.29 Å². The van der Waals surface area contributed by atoms with Gasteiger partial charge in [0.05, 0.1) is 13.2 Å². The Balaban J connectivity index is 2.96. The summed E-state index contributed by atoms with van der Waals surface area (Å²) < 4.78 is 28.1. The highest BCUT2D eigenvalue weighted by atomic mass is 32.2. The monoisotopic (exact) mass is 266 g/mol. The first kappa shape index (κ1) is 17.0. The molecule has 1 unspecified atom stereocenters. The fraction of sp³-hybridized carbons (Fsp3) is 1.00. The maximum Gasteiger partial charge on any atom is 0.301 e. The Morgan fingerprint density at radius 1 is 1.00 bits per heavy atom. The van der Waals surface area contributed by atoms with Gasteiger partial charge in [0.1, 0.15) is 0 Å². The molecule has 0 aromatic heterocycles. The highest BCUT2D eigenvalue weighted by Crippen LogP contribution is 2.10. The molecule has 17 heavy (non-hydrogen) atoms. The summed E-state index contributed by atoms with van der Waals surface area (Å²) in [5, 5.41) is 0. The molecule has 0 aliphatic rings. The molecule has 0 spiro atoms. The van der Waals surface area contributed by atoms with Crippen molar-refractivity contribution in [1.82, 2.24) is 0 Å². The van der Waals surface area contributed by atoms with Gasteiger partial charge in [-0.2, -0.15) is 4.21 Å². The van der Waals surface area contributed by atoms with Crippen molar-refractivity contribution in [1.29, 1.82) is 0 Å². The van der Waals surface area contributed by atoms with E-state index >= 15 is 0 Å². The molecule has 0 aliphatic heterocycles. The maximum absolute atomic E-state index is 10.1. The lowest BCUT2D eigenvalue weighted by Gasteiger charge is -2.05. The van der Waals surface area contributed by atoms with Crippen LogP contribution in [0.25, 0.3) is 0 Å². The van der Waals surface area contributed by atoms with Crippen LogP contribution in [-0.2, 0) is 20.3 Å². The summed E-state index contributed by atoms with van der Waals surface area (Å²) in [6.45, 7) is 5.80. The average molecular weight is 266 g/mol. The topological polar surface area (TPSA) is 55.8 Å². The molecule has 4 nitrogen and oxygen atoms in total. The highest BCUT2D eigenvalue weighted by molar-refractivity contribution is 7.74. The lowest BCUT2D eigenvalue weighted by Crippen LogP contribution is -2.06. The van der Waals surface area contributed by atoms with Crippen LogP contribution in [0.15, 0.2) is 0 Å². The van der Waals surface area contributed by atoms with Gasteiger partial charge in [-0.25, -0.2) is 0 Å². The van der Waals surface area contributed by atoms with E-state index in [9.17, 15) is 4.21 Å². The fourth-order valence-corrected chi connectivity index (χ4v) is 1.76. The SMILES string of the molecule is CC(C)CCCCCCCOCCOS(=O)O. The van der Waals surface area contributed by atoms with Crippen LogP contribution in [-0.4, -0.2) is 28.6 Å². The van der Waals surface area contributed by atoms with E-state index in [1.54, 1.807) is 0 Å². The number of hydrogen-bond donors (Lipinski definition) is 1. The molecule has 1 atom stereocenters. The zero-order valence-corrected chi connectivity index (χ0v) is 11.8. The second-order valence-corrected chi connectivity index (χ2v) is 5.27. The average Bonchev–Trinajstić information content (AvgIpc) is 2.25. The molecule has 0 fully saturated rings. The quantitative estimate of drug-likeness (QED) is 0.435. The molecular formula is C12H26O4S. The highest BCUT2D eigenvalue weighted by Gasteiger charge is 1.96. The molecule has 104 valence electrons. The molecular weight excluding hydrogens is 240 g/mol. The molecule has 5 heteroatoms. The van der Waals surface area contributed by atoms with Gasteiger partial charge in [-0.3, -0.25) is 8.74 Å². The van der Waals surface area contributed by atoms with Crippen LogP contribution in [0.1, 0.15) is 52.4 Å². The Morgan fingerprint density at radius 3 is 2.29 bits per heavy atom. The number of ether oxygens (including phenoxy) is 1. The predicted octanol–water partition coefficient (Wildman–Crippen LogP) is 3.15. The van der Waals surface area contributed by atoms with E-state index in [1.165, 1.54) is 32.1 Å². The van der Waals surface area contributed by atoms with Crippen molar-refractivity contribution in [2.75, 3.05) is 19.8 Å². The van der Waals surface area contributed by atoms with Gasteiger partial charge in [-0.15, -0.1) is 0 Å². The molecule has 0 radical (unpaired) electrons. The fourth-order valence-electron chi connectivity index (χ4n) is 1.55. The maximum atomic E-state index is 10.1. The minimum Gasteiger partial charge on any atom is -0.379 e. The minimum atomic E-state index is -2.16. The van der Waals surface area contributed by atoms with Crippen molar-refractivity contribution in [3.8, 4) is 0 Å². The molecule has 1 N–H and O–H groups in total. The van der Waals surface area contributed by atoms with Gasteiger partial charge in [0.15, 0.2) is 0 Å². The number of rotatable bonds is 12. The molecule has 0 bridgehead atoms. The van der Waals surface area contributed by atoms with E-state index in [-0.39, 0.29) is 6.61 Å². The summed E-state index contributed by atoms with van der Waals surface area (Å²) in [5.41, 5.74) is 0. The summed E-state index contributed by atoms with van der Waals surface area (Å²) in [6, 6.07) is 0. The lowest BCUT2D eigenvalue weighted by molar-refractivity contribution is 0.0982. The second kappa shape index (κ2) is 12.5. The van der Waals surface area contributed by atoms with Crippen LogP contribution in [0.5, 0.6) is 0 Å². The van der Waals surface area contributed by atoms with Crippen LogP contribution in [0, 0.1) is 5.92 Å². The Hall–Kier alpha value is 0.0300. The van der Waals surface area contributed by atoms with Gasteiger partial charge in [-0.1, -0.05) is 46.0 Å². The zero-order valence-electron chi connectivity index (χ0n) is 11.0. The van der Waals surface area contributed by atoms with Gasteiger partial charge in [0, 0.05) is 6.61 Å². The number of unbranched alkanes of at least 4 members (excludes halogenated alkanes) is 4. The first-order chi connectivity index (χ1) is 8.13. The van der Waals surface area contributed by atoms with Gasteiger partial charge in [0.2, 0.25) is 0 Å². The second-order valence-electron chi connectivity index (χ2n) is 4.60. The summed E-state index contributed by atoms with van der Waals surface area (Å²) in [7, 11) is 0. The van der Waals surface area contributed by atoms with Crippen LogP contribution in [0.2, 0.25) is 0 Å². The van der Waals surface area contributed by atoms with E-state index < -0.39 is 11.4 Å². The molecule has 0 saturated carbocycles. The normalized spacial score (nSPS) is 13.2. The molecule has 0 aliphatic carbocycles. The van der Waals surface area contributed by atoms with Crippen molar-refractivity contribution < 1.29 is 17.7 Å². The first-order valence-electron chi connectivity index (χ1n) is 6.44. The van der Waals surface area contributed by atoms with Crippen molar-refractivity contribution >= 4 is 11.4 Å². The van der Waals surface area contributed by atoms with Crippen LogP contribution in [0.3, 0.4) is 0 Å². The van der Waals surface area contributed by atoms with E-state index in [0.717, 1.165) is 12.3 Å². The Bertz CT molecular complexity index is 185. The summed E-state index contributed by atoms with van der Waals surface area (Å²) in [4.78, 5) is 0. The van der Waals surface area contributed by atoms with Gasteiger partial charge in [-0.05, 0) is 12.3 Å². The number of hydrogen-bond acceptors (Lipinski definition) is 3. The third-order valence-electron chi connectivity index (χ3n) is 2.48. The largest absolute Gasteiger partial charge is 0.379 e. The standard InChI is InChI=1S/C12H26O4S/c1-12(2)8-6-4-3-5-7-9-15-10-11-16-17(13)14/h12H,3-11H2,1-2H3,(H,13,14). The van der Waals surface area contributed by atoms with E-state index in [2.05, 4.69) is 18.0 Å². The zero-order chi connectivity index (χ0) is 12.9. The third kappa shape index (κ3) is 16.0. The molecule has 0 amide bonds. The summed E-state index contributed by atoms with van der Waals surface area (Å²) in [5.74, 6) is 0.815. The summed E-state index contributed by atoms with van der Waals surface area (Å²) in [6.07, 6.45) is 7.49. The van der Waals surface area contributed by atoms with Crippen LogP contribution in [0.4, 0.5) is 0 Å².